The van der Waals surface area contributed by atoms with Crippen LogP contribution in [-0.4, -0.2) is 0 Å². The van der Waals surface area contributed by atoms with E-state index >= 15 is 0 Å². The van der Waals surface area contributed by atoms with Gasteiger partial charge in [0.2, 0.25) is 0 Å². The first kappa shape index (κ1) is 15.5. The van der Waals surface area contributed by atoms with Crippen LogP contribution in [0.5, 0.6) is 0 Å². The van der Waals surface area contributed by atoms with Crippen LogP contribution in [0, 0.1) is 5.82 Å². The Balaban J connectivity index is 2.34. The lowest BCUT2D eigenvalue weighted by atomic mass is 9.99. The molecule has 0 radical (unpaired) electrons. The van der Waals surface area contributed by atoms with Gasteiger partial charge < -0.3 is 0 Å². The summed E-state index contributed by atoms with van der Waals surface area (Å²) in [6.45, 7) is 0. The normalized spacial score (nSPS) is 12.4. The molecule has 0 aliphatic heterocycles. The van der Waals surface area contributed by atoms with E-state index in [1.54, 1.807) is 30.3 Å². The van der Waals surface area contributed by atoms with Crippen molar-refractivity contribution < 1.29 is 4.39 Å². The van der Waals surface area contributed by atoms with Gasteiger partial charge in [0.05, 0.1) is 11.1 Å². The van der Waals surface area contributed by atoms with Crippen LogP contribution in [0.15, 0.2) is 36.4 Å². The quantitative estimate of drug-likeness (QED) is 0.637. The lowest BCUT2D eigenvalue weighted by Crippen LogP contribution is -2.30. The van der Waals surface area contributed by atoms with Crippen molar-refractivity contribution in [3.8, 4) is 0 Å². The molecule has 20 heavy (non-hydrogen) atoms. The summed E-state index contributed by atoms with van der Waals surface area (Å²) in [7, 11) is 0. The van der Waals surface area contributed by atoms with Crippen molar-refractivity contribution in [1.82, 2.24) is 5.43 Å². The molecule has 2 aromatic rings. The highest BCUT2D eigenvalue weighted by molar-refractivity contribution is 6.33. The minimum atomic E-state index is -0.490. The van der Waals surface area contributed by atoms with Crippen LogP contribution in [0.3, 0.4) is 0 Å². The third kappa shape index (κ3) is 3.43. The fraction of sp³-hybridized carbons (Fsp3) is 0.143. The van der Waals surface area contributed by atoms with E-state index in [0.29, 0.717) is 22.0 Å². The second-order valence-electron chi connectivity index (χ2n) is 4.30. The van der Waals surface area contributed by atoms with Crippen molar-refractivity contribution in [2.75, 3.05) is 0 Å². The van der Waals surface area contributed by atoms with Crippen LogP contribution < -0.4 is 11.3 Å². The van der Waals surface area contributed by atoms with Gasteiger partial charge in [0, 0.05) is 15.6 Å². The first-order valence-corrected chi connectivity index (χ1v) is 7.00. The lowest BCUT2D eigenvalue weighted by molar-refractivity contribution is 0.511. The second kappa shape index (κ2) is 6.74. The molecule has 0 saturated carbocycles. The van der Waals surface area contributed by atoms with Gasteiger partial charge in [0.15, 0.2) is 0 Å². The first-order valence-electron chi connectivity index (χ1n) is 5.87. The molecule has 0 heterocycles. The maximum Gasteiger partial charge on any atom is 0.146 e. The van der Waals surface area contributed by atoms with E-state index in [4.69, 9.17) is 40.6 Å². The Labute approximate surface area is 131 Å². The summed E-state index contributed by atoms with van der Waals surface area (Å²) < 4.78 is 14.0. The van der Waals surface area contributed by atoms with Crippen LogP contribution in [0.4, 0.5) is 4.39 Å². The van der Waals surface area contributed by atoms with Gasteiger partial charge in [-0.1, -0.05) is 46.9 Å². The topological polar surface area (TPSA) is 38.0 Å². The van der Waals surface area contributed by atoms with Gasteiger partial charge in [-0.3, -0.25) is 11.3 Å². The zero-order chi connectivity index (χ0) is 14.7. The van der Waals surface area contributed by atoms with E-state index < -0.39 is 11.9 Å². The number of rotatable bonds is 4. The molecule has 2 nitrogen and oxygen atoms in total. The smallest absolute Gasteiger partial charge is 0.146 e. The van der Waals surface area contributed by atoms with E-state index in [1.165, 1.54) is 6.07 Å². The molecule has 2 rings (SSSR count). The maximum atomic E-state index is 14.0. The Kier molecular flexibility index (Phi) is 5.24. The van der Waals surface area contributed by atoms with E-state index in [9.17, 15) is 4.39 Å². The summed E-state index contributed by atoms with van der Waals surface area (Å²) in [5.41, 5.74) is 3.75. The average Bonchev–Trinajstić information content (AvgIpc) is 2.43. The Morgan fingerprint density at radius 2 is 1.85 bits per heavy atom. The fourth-order valence-corrected chi connectivity index (χ4v) is 2.54. The molecular formula is C14H12Cl3FN2. The van der Waals surface area contributed by atoms with Crippen LogP contribution in [-0.2, 0) is 6.42 Å². The summed E-state index contributed by atoms with van der Waals surface area (Å²) in [4.78, 5) is 0. The highest BCUT2D eigenvalue weighted by Crippen LogP contribution is 2.29. The summed E-state index contributed by atoms with van der Waals surface area (Å²) >= 11 is 17.8. The molecule has 2 aromatic carbocycles. The molecule has 0 spiro atoms. The van der Waals surface area contributed by atoms with Crippen molar-refractivity contribution in [1.29, 1.82) is 0 Å². The van der Waals surface area contributed by atoms with E-state index in [0.717, 1.165) is 5.56 Å². The summed E-state index contributed by atoms with van der Waals surface area (Å²) in [5.74, 6) is 5.03. The molecule has 1 atom stereocenters. The predicted molar refractivity (Wildman–Crippen MR) is 81.6 cm³/mol. The van der Waals surface area contributed by atoms with Gasteiger partial charge in [-0.25, -0.2) is 4.39 Å². The largest absolute Gasteiger partial charge is 0.271 e. The van der Waals surface area contributed by atoms with Gasteiger partial charge in [-0.2, -0.15) is 0 Å². The van der Waals surface area contributed by atoms with Crippen molar-refractivity contribution in [2.24, 2.45) is 5.84 Å². The van der Waals surface area contributed by atoms with Crippen LogP contribution in [0.25, 0.3) is 0 Å². The Hall–Kier alpha value is -0.840. The van der Waals surface area contributed by atoms with Crippen molar-refractivity contribution in [3.63, 3.8) is 0 Å². The van der Waals surface area contributed by atoms with Crippen LogP contribution >= 0.6 is 34.8 Å². The Morgan fingerprint density at radius 3 is 2.55 bits per heavy atom. The number of hydrogen-bond donors (Lipinski definition) is 2. The van der Waals surface area contributed by atoms with Gasteiger partial charge >= 0.3 is 0 Å². The minimum absolute atomic E-state index is 0.0555. The second-order valence-corrected chi connectivity index (χ2v) is 5.55. The Morgan fingerprint density at radius 1 is 1.10 bits per heavy atom. The number of halogens is 4. The maximum absolute atomic E-state index is 14.0. The molecule has 1 unspecified atom stereocenters. The van der Waals surface area contributed by atoms with Crippen molar-refractivity contribution in [3.05, 3.63) is 68.4 Å². The van der Waals surface area contributed by atoms with Gasteiger partial charge in [-0.05, 0) is 36.2 Å². The number of nitrogens with one attached hydrogen (secondary N) is 1. The minimum Gasteiger partial charge on any atom is -0.271 e. The molecule has 106 valence electrons. The van der Waals surface area contributed by atoms with E-state index in [2.05, 4.69) is 5.43 Å². The molecule has 0 aliphatic carbocycles. The van der Waals surface area contributed by atoms with Gasteiger partial charge in [-0.15, -0.1) is 0 Å². The highest BCUT2D eigenvalue weighted by Gasteiger charge is 2.18. The molecular weight excluding hydrogens is 322 g/mol. The zero-order valence-electron chi connectivity index (χ0n) is 10.3. The summed E-state index contributed by atoms with van der Waals surface area (Å²) in [6, 6.07) is 9.45. The van der Waals surface area contributed by atoms with Crippen LogP contribution in [0.2, 0.25) is 15.1 Å². The molecule has 0 bridgehead atoms. The number of nitrogens with two attached hydrogens (primary N) is 1. The average molecular weight is 334 g/mol. The van der Waals surface area contributed by atoms with Crippen molar-refractivity contribution >= 4 is 34.8 Å². The molecule has 0 aliphatic rings. The zero-order valence-corrected chi connectivity index (χ0v) is 12.6. The number of benzene rings is 2. The standard InChI is InChI=1S/C14H12Cl3FN2/c15-9-4-5-11(16)8(6-9)7-13(20-19)10-2-1-3-12(17)14(10)18/h1-6,13,20H,7,19H2. The molecule has 0 saturated heterocycles. The third-order valence-electron chi connectivity index (χ3n) is 2.99. The predicted octanol–water partition coefficient (Wildman–Crippen LogP) is 4.53. The first-order chi connectivity index (χ1) is 9.52. The van der Waals surface area contributed by atoms with E-state index in [-0.39, 0.29) is 5.02 Å². The Bertz CT molecular complexity index is 619. The van der Waals surface area contributed by atoms with Crippen molar-refractivity contribution in [2.45, 2.75) is 12.5 Å². The fourth-order valence-electron chi connectivity index (χ4n) is 1.97. The SMILES string of the molecule is NNC(Cc1cc(Cl)ccc1Cl)c1cccc(Cl)c1F. The molecule has 6 heteroatoms. The van der Waals surface area contributed by atoms with Crippen LogP contribution in [0.1, 0.15) is 17.2 Å². The van der Waals surface area contributed by atoms with E-state index in [1.807, 2.05) is 0 Å². The molecule has 0 amide bonds. The van der Waals surface area contributed by atoms with Gasteiger partial charge in [0.25, 0.3) is 0 Å². The summed E-state index contributed by atoms with van der Waals surface area (Å²) in [5, 5.41) is 1.17. The number of hydrogen-bond acceptors (Lipinski definition) is 2. The molecule has 0 fully saturated rings. The lowest BCUT2D eigenvalue weighted by Gasteiger charge is -2.18. The number of hydrazine groups is 1. The summed E-state index contributed by atoms with van der Waals surface area (Å²) in [6.07, 6.45) is 0.396. The third-order valence-corrected chi connectivity index (χ3v) is 3.89. The molecule has 3 N–H and O–H groups in total. The molecule has 0 aromatic heterocycles. The highest BCUT2D eigenvalue weighted by atomic mass is 35.5. The van der Waals surface area contributed by atoms with Gasteiger partial charge in [0.1, 0.15) is 5.82 Å². The monoisotopic (exact) mass is 332 g/mol.